The molecule has 1 unspecified atom stereocenters. The molecule has 0 bridgehead atoms. The quantitative estimate of drug-likeness (QED) is 0.111. The Hall–Kier alpha value is -4.26. The zero-order valence-electron chi connectivity index (χ0n) is 36.7. The molecule has 0 saturated carbocycles. The maximum absolute atomic E-state index is 14.1. The van der Waals surface area contributed by atoms with Crippen LogP contribution in [0.25, 0.3) is 5.57 Å². The molecule has 1 amide bonds. The van der Waals surface area contributed by atoms with Crippen LogP contribution in [0.5, 0.6) is 0 Å². The van der Waals surface area contributed by atoms with Gasteiger partial charge in [-0.3, -0.25) is 9.69 Å². The van der Waals surface area contributed by atoms with Gasteiger partial charge in [-0.1, -0.05) is 56.1 Å². The van der Waals surface area contributed by atoms with Gasteiger partial charge in [0.1, 0.15) is 4.90 Å². The highest BCUT2D eigenvalue weighted by molar-refractivity contribution is 7.99. The molecule has 2 fully saturated rings. The summed E-state index contributed by atoms with van der Waals surface area (Å²) < 4.78 is 102. The molecule has 2 saturated heterocycles. The van der Waals surface area contributed by atoms with Gasteiger partial charge in [-0.25, -0.2) is 21.6 Å². The normalized spacial score (nSPS) is 18.1. The number of alkyl halides is 3. The fourth-order valence-corrected chi connectivity index (χ4v) is 11.7. The van der Waals surface area contributed by atoms with Crippen LogP contribution in [0.15, 0.2) is 111 Å². The zero-order valence-corrected chi connectivity index (χ0v) is 39.9. The molecule has 18 heteroatoms. The van der Waals surface area contributed by atoms with Crippen molar-refractivity contribution in [2.75, 3.05) is 79.9 Å². The molecule has 350 valence electrons. The summed E-state index contributed by atoms with van der Waals surface area (Å²) in [6.45, 7) is 13.2. The van der Waals surface area contributed by atoms with E-state index in [9.17, 15) is 34.8 Å². The van der Waals surface area contributed by atoms with Crippen LogP contribution in [0, 0.1) is 5.41 Å². The van der Waals surface area contributed by atoms with E-state index in [1.807, 2.05) is 41.1 Å². The van der Waals surface area contributed by atoms with Crippen LogP contribution >= 0.6 is 23.4 Å². The minimum absolute atomic E-state index is 0.00210. The molecular formula is C47H55ClF3N5O6S3. The Morgan fingerprint density at radius 3 is 2.20 bits per heavy atom. The first kappa shape index (κ1) is 48.7. The van der Waals surface area contributed by atoms with E-state index in [4.69, 9.17) is 16.3 Å². The van der Waals surface area contributed by atoms with Crippen LogP contribution in [0.3, 0.4) is 0 Å². The minimum Gasteiger partial charge on any atom is -0.380 e. The predicted octanol–water partition coefficient (Wildman–Crippen LogP) is 9.36. The van der Waals surface area contributed by atoms with Crippen LogP contribution in [-0.4, -0.2) is 104 Å². The standard InChI is InChI=1S/C47H55ClF3N5O6S3/c1-4-37(32-63-40-7-5-6-39(28-40)56-24-26-62-27-25-56)52-43-17-16-41(29-44(43)64(58,59)47(49,50)51)65(60,61)53-45(57)34-10-14-38(15-11-34)55-22-20-54(21-23-55)31-35-30-46(2,3)19-18-42(35)33-8-12-36(48)13-9-33/h5-17,28-29,37,52H,4,18-27,30-32H2,1-3H3,(H,53,57). The van der Waals surface area contributed by atoms with Crippen molar-refractivity contribution in [1.29, 1.82) is 0 Å². The van der Waals surface area contributed by atoms with Crippen molar-refractivity contribution in [1.82, 2.24) is 9.62 Å². The topological polar surface area (TPSA) is 128 Å². The Balaban J connectivity index is 0.991. The number of nitrogens with zero attached hydrogens (tertiary/aromatic N) is 3. The number of rotatable bonds is 15. The number of carbonyl (C=O) groups is 1. The van der Waals surface area contributed by atoms with Gasteiger partial charge in [0.15, 0.2) is 0 Å². The molecule has 3 aliphatic rings. The summed E-state index contributed by atoms with van der Waals surface area (Å²) in [5.41, 5.74) is 0.00279. The molecule has 2 N–H and O–H groups in total. The highest BCUT2D eigenvalue weighted by atomic mass is 35.5. The van der Waals surface area contributed by atoms with E-state index in [2.05, 4.69) is 46.0 Å². The van der Waals surface area contributed by atoms with E-state index in [0.29, 0.717) is 36.5 Å². The van der Waals surface area contributed by atoms with Crippen molar-refractivity contribution in [3.05, 3.63) is 113 Å². The highest BCUT2D eigenvalue weighted by Gasteiger charge is 2.48. The molecule has 1 aliphatic carbocycles. The Morgan fingerprint density at radius 2 is 1.54 bits per heavy atom. The van der Waals surface area contributed by atoms with Gasteiger partial charge in [0.05, 0.1) is 23.8 Å². The third-order valence-electron chi connectivity index (χ3n) is 12.2. The number of hydrogen-bond donors (Lipinski definition) is 2. The van der Waals surface area contributed by atoms with Gasteiger partial charge in [-0.2, -0.15) is 13.2 Å². The second-order valence-corrected chi connectivity index (χ2v) is 22.6. The fourth-order valence-electron chi connectivity index (χ4n) is 8.47. The molecule has 4 aromatic rings. The number of sulfone groups is 1. The maximum atomic E-state index is 14.1. The average Bonchev–Trinajstić information content (AvgIpc) is 3.28. The number of anilines is 3. The van der Waals surface area contributed by atoms with E-state index < -0.39 is 52.8 Å². The second-order valence-electron chi connectivity index (χ2n) is 17.4. The number of hydrogen-bond acceptors (Lipinski definition) is 11. The van der Waals surface area contributed by atoms with Crippen LogP contribution in [0.4, 0.5) is 30.2 Å². The lowest BCUT2D eigenvalue weighted by Gasteiger charge is -2.39. The molecule has 11 nitrogen and oxygen atoms in total. The smallest absolute Gasteiger partial charge is 0.380 e. The van der Waals surface area contributed by atoms with E-state index in [1.54, 1.807) is 19.1 Å². The first-order valence-corrected chi connectivity index (χ1v) is 26.0. The van der Waals surface area contributed by atoms with Gasteiger partial charge in [0, 0.05) is 84.5 Å². The fraction of sp³-hybridized carbons (Fsp3) is 0.426. The highest BCUT2D eigenvalue weighted by Crippen LogP contribution is 2.43. The van der Waals surface area contributed by atoms with Crippen LogP contribution in [0.1, 0.15) is 62.4 Å². The number of thioether (sulfide) groups is 1. The number of ether oxygens (including phenoxy) is 1. The number of sulfonamides is 1. The van der Waals surface area contributed by atoms with E-state index in [0.717, 1.165) is 93.5 Å². The summed E-state index contributed by atoms with van der Waals surface area (Å²) in [6.07, 6.45) is 3.57. The Morgan fingerprint density at radius 1 is 0.862 bits per heavy atom. The molecule has 0 spiro atoms. The van der Waals surface area contributed by atoms with Crippen molar-refractivity contribution < 1.29 is 39.5 Å². The van der Waals surface area contributed by atoms with Crippen LogP contribution in [-0.2, 0) is 24.6 Å². The van der Waals surface area contributed by atoms with E-state index in [-0.39, 0.29) is 11.0 Å². The summed E-state index contributed by atoms with van der Waals surface area (Å²) in [5.74, 6) is -0.659. The van der Waals surface area contributed by atoms with Gasteiger partial charge >= 0.3 is 5.51 Å². The average molecular weight is 975 g/mol. The monoisotopic (exact) mass is 973 g/mol. The number of benzene rings is 4. The molecule has 0 radical (unpaired) electrons. The lowest BCUT2D eigenvalue weighted by atomic mass is 9.73. The number of nitrogens with one attached hydrogen (secondary N) is 2. The van der Waals surface area contributed by atoms with Crippen molar-refractivity contribution >= 4 is 71.8 Å². The van der Waals surface area contributed by atoms with Gasteiger partial charge in [-0.15, -0.1) is 11.8 Å². The number of morpholine rings is 1. The molecular weight excluding hydrogens is 919 g/mol. The summed E-state index contributed by atoms with van der Waals surface area (Å²) in [7, 11) is -10.9. The molecule has 7 rings (SSSR count). The minimum atomic E-state index is -6.03. The van der Waals surface area contributed by atoms with Gasteiger partial charge in [-0.05, 0) is 115 Å². The largest absolute Gasteiger partial charge is 0.501 e. The number of piperazine rings is 1. The van der Waals surface area contributed by atoms with E-state index >= 15 is 0 Å². The van der Waals surface area contributed by atoms with E-state index in [1.165, 1.54) is 40.6 Å². The van der Waals surface area contributed by atoms with Gasteiger partial charge < -0.3 is 19.9 Å². The maximum Gasteiger partial charge on any atom is 0.501 e. The summed E-state index contributed by atoms with van der Waals surface area (Å²) in [6, 6.07) is 24.2. The van der Waals surface area contributed by atoms with Crippen LogP contribution in [0.2, 0.25) is 5.02 Å². The molecule has 4 aromatic carbocycles. The zero-order chi connectivity index (χ0) is 46.6. The third kappa shape index (κ3) is 12.0. The van der Waals surface area contributed by atoms with Crippen molar-refractivity contribution in [2.24, 2.45) is 5.41 Å². The molecule has 2 heterocycles. The second kappa shape index (κ2) is 20.3. The third-order valence-corrected chi connectivity index (χ3v) is 16.5. The lowest BCUT2D eigenvalue weighted by molar-refractivity contribution is -0.0435. The number of halogens is 4. The number of allylic oxidation sites excluding steroid dienone is 1. The molecule has 1 atom stereocenters. The first-order valence-electron chi connectivity index (χ1n) is 21.7. The summed E-state index contributed by atoms with van der Waals surface area (Å²) >= 11 is 7.64. The van der Waals surface area contributed by atoms with Crippen molar-refractivity contribution in [3.8, 4) is 0 Å². The lowest BCUT2D eigenvalue weighted by Crippen LogP contribution is -2.47. The molecule has 65 heavy (non-hydrogen) atoms. The molecule has 2 aliphatic heterocycles. The van der Waals surface area contributed by atoms with Crippen molar-refractivity contribution in [2.45, 2.75) is 72.7 Å². The predicted molar refractivity (Wildman–Crippen MR) is 253 cm³/mol. The Labute approximate surface area is 389 Å². The van der Waals surface area contributed by atoms with Crippen LogP contribution < -0.4 is 19.8 Å². The SMILES string of the molecule is CCC(CSc1cccc(N2CCOCC2)c1)Nc1ccc(S(=O)(=O)NC(=O)c2ccc(N3CCN(CC4=C(c5ccc(Cl)cc5)CCC(C)(C)C4)CC3)cc2)cc1S(=O)(=O)C(F)(F)F. The number of amides is 1. The van der Waals surface area contributed by atoms with Crippen molar-refractivity contribution in [3.63, 3.8) is 0 Å². The summed E-state index contributed by atoms with van der Waals surface area (Å²) in [4.78, 5) is 19.0. The van der Waals surface area contributed by atoms with Gasteiger partial charge in [0.25, 0.3) is 25.8 Å². The first-order chi connectivity index (χ1) is 30.8. The summed E-state index contributed by atoms with van der Waals surface area (Å²) in [5, 5.41) is 3.63. The Kier molecular flexibility index (Phi) is 15.2. The van der Waals surface area contributed by atoms with Gasteiger partial charge in [0.2, 0.25) is 0 Å². The number of carbonyl (C=O) groups excluding carboxylic acids is 1. The molecule has 0 aromatic heterocycles. The Bertz CT molecular complexity index is 2580.